The van der Waals surface area contributed by atoms with E-state index in [1.165, 1.54) is 12.1 Å². The first-order valence-electron chi connectivity index (χ1n) is 9.15. The van der Waals surface area contributed by atoms with Crippen LogP contribution >= 0.6 is 0 Å². The van der Waals surface area contributed by atoms with Crippen molar-refractivity contribution in [2.24, 2.45) is 0 Å². The van der Waals surface area contributed by atoms with Crippen LogP contribution in [0.2, 0.25) is 0 Å². The number of fused-ring (bicyclic) bond motifs is 1. The molecule has 1 atom stereocenters. The molecule has 1 amide bonds. The van der Waals surface area contributed by atoms with E-state index in [-0.39, 0.29) is 23.3 Å². The topological polar surface area (TPSA) is 67.6 Å². The van der Waals surface area contributed by atoms with E-state index in [4.69, 9.17) is 4.42 Å². The van der Waals surface area contributed by atoms with Crippen LogP contribution in [0, 0.1) is 0 Å². The van der Waals surface area contributed by atoms with E-state index in [9.17, 15) is 18.0 Å². The molecule has 4 rings (SSSR count). The van der Waals surface area contributed by atoms with Crippen LogP contribution in [-0.2, 0) is 0 Å². The van der Waals surface area contributed by atoms with E-state index >= 15 is 0 Å². The van der Waals surface area contributed by atoms with Crippen molar-refractivity contribution in [1.29, 1.82) is 0 Å². The van der Waals surface area contributed by atoms with Gasteiger partial charge in [0, 0.05) is 18.7 Å². The number of amides is 1. The summed E-state index contributed by atoms with van der Waals surface area (Å²) in [6.45, 7) is 1.15. The molecule has 6 nitrogen and oxygen atoms in total. The van der Waals surface area contributed by atoms with Crippen molar-refractivity contribution in [3.63, 3.8) is 0 Å². The van der Waals surface area contributed by atoms with Gasteiger partial charge in [0.05, 0.1) is 6.04 Å². The van der Waals surface area contributed by atoms with E-state index in [1.807, 2.05) is 29.2 Å². The molecule has 1 aromatic heterocycles. The predicted molar refractivity (Wildman–Crippen MR) is 99.8 cm³/mol. The molecule has 1 fully saturated rings. The molecule has 9 heteroatoms. The van der Waals surface area contributed by atoms with Crippen LogP contribution in [0.1, 0.15) is 23.2 Å². The van der Waals surface area contributed by atoms with Gasteiger partial charge in [-0.3, -0.25) is 4.79 Å². The molecule has 0 bridgehead atoms. The van der Waals surface area contributed by atoms with Gasteiger partial charge in [-0.1, -0.05) is 12.1 Å². The highest BCUT2D eigenvalue weighted by Gasteiger charge is 2.31. The Morgan fingerprint density at radius 2 is 1.97 bits per heavy atom. The first-order valence-corrected chi connectivity index (χ1v) is 9.15. The second kappa shape index (κ2) is 7.65. The first-order chi connectivity index (χ1) is 13.9. The molecule has 1 N–H and O–H groups in total. The largest absolute Gasteiger partial charge is 0.573 e. The lowest BCUT2D eigenvalue weighted by atomic mass is 10.2. The van der Waals surface area contributed by atoms with Crippen molar-refractivity contribution < 1.29 is 27.1 Å². The number of carbonyl (C=O) groups excluding carboxylic acids is 1. The Kier molecular flexibility index (Phi) is 5.04. The molecular formula is C20H18F3N3O3. The Hall–Kier alpha value is -3.23. The van der Waals surface area contributed by atoms with E-state index in [1.54, 1.807) is 0 Å². The van der Waals surface area contributed by atoms with E-state index in [2.05, 4.69) is 15.0 Å². The molecule has 0 aliphatic carbocycles. The molecule has 152 valence electrons. The molecule has 0 radical (unpaired) electrons. The number of anilines is 1. The molecule has 3 aromatic rings. The normalized spacial score (nSPS) is 16.9. The second-order valence-corrected chi connectivity index (χ2v) is 6.74. The minimum Gasteiger partial charge on any atom is -0.423 e. The first kappa shape index (κ1) is 19.1. The van der Waals surface area contributed by atoms with Crippen molar-refractivity contribution >= 4 is 23.0 Å². The minimum absolute atomic E-state index is 0.0276. The number of hydrogen-bond acceptors (Lipinski definition) is 5. The molecule has 29 heavy (non-hydrogen) atoms. The van der Waals surface area contributed by atoms with Gasteiger partial charge in [0.1, 0.15) is 11.3 Å². The van der Waals surface area contributed by atoms with Crippen LogP contribution in [0.4, 0.5) is 19.2 Å². The van der Waals surface area contributed by atoms with Gasteiger partial charge >= 0.3 is 6.36 Å². The summed E-state index contributed by atoms with van der Waals surface area (Å²) in [5, 5.41) is 2.83. The quantitative estimate of drug-likeness (QED) is 0.692. The predicted octanol–water partition coefficient (Wildman–Crippen LogP) is 4.13. The third-order valence-electron chi connectivity index (χ3n) is 4.75. The lowest BCUT2D eigenvalue weighted by molar-refractivity contribution is -0.274. The number of rotatable bonds is 5. The number of carbonyl (C=O) groups is 1. The van der Waals surface area contributed by atoms with Gasteiger partial charge in [-0.25, -0.2) is 0 Å². The van der Waals surface area contributed by atoms with Crippen molar-refractivity contribution in [1.82, 2.24) is 10.3 Å². The highest BCUT2D eigenvalue weighted by atomic mass is 19.4. The molecule has 2 aromatic carbocycles. The zero-order chi connectivity index (χ0) is 20.4. The summed E-state index contributed by atoms with van der Waals surface area (Å²) in [6.07, 6.45) is -2.94. The molecular weight excluding hydrogens is 387 g/mol. The Morgan fingerprint density at radius 1 is 1.21 bits per heavy atom. The fourth-order valence-corrected chi connectivity index (χ4v) is 3.40. The average molecular weight is 405 g/mol. The number of aromatic nitrogens is 1. The van der Waals surface area contributed by atoms with E-state index in [0.717, 1.165) is 37.0 Å². The van der Waals surface area contributed by atoms with Crippen LogP contribution in [0.3, 0.4) is 0 Å². The molecule has 2 heterocycles. The summed E-state index contributed by atoms with van der Waals surface area (Å²) in [5.41, 5.74) is 1.74. The molecule has 1 aliphatic heterocycles. The number of alkyl halides is 3. The van der Waals surface area contributed by atoms with Crippen molar-refractivity contribution in [3.05, 3.63) is 54.1 Å². The Balaban J connectivity index is 1.38. The van der Waals surface area contributed by atoms with Crippen LogP contribution in [0.5, 0.6) is 5.75 Å². The van der Waals surface area contributed by atoms with E-state index in [0.29, 0.717) is 18.1 Å². The maximum absolute atomic E-state index is 12.4. The van der Waals surface area contributed by atoms with Gasteiger partial charge < -0.3 is 19.4 Å². The van der Waals surface area contributed by atoms with Gasteiger partial charge in [-0.05, 0) is 49.2 Å². The molecule has 0 spiro atoms. The monoisotopic (exact) mass is 405 g/mol. The number of benzene rings is 2. The maximum atomic E-state index is 12.4. The van der Waals surface area contributed by atoms with Gasteiger partial charge in [0.15, 0.2) is 5.58 Å². The third kappa shape index (κ3) is 4.44. The zero-order valence-corrected chi connectivity index (χ0v) is 15.3. The van der Waals surface area contributed by atoms with Crippen LogP contribution in [0.25, 0.3) is 11.1 Å². The van der Waals surface area contributed by atoms with E-state index < -0.39 is 6.36 Å². The smallest absolute Gasteiger partial charge is 0.423 e. The van der Waals surface area contributed by atoms with Gasteiger partial charge in [-0.15, -0.1) is 13.2 Å². The van der Waals surface area contributed by atoms with Gasteiger partial charge in [0.25, 0.3) is 11.9 Å². The molecule has 1 aliphatic rings. The summed E-state index contributed by atoms with van der Waals surface area (Å²) in [4.78, 5) is 18.9. The lowest BCUT2D eigenvalue weighted by Crippen LogP contribution is -2.40. The number of nitrogens with zero attached hydrogens (tertiary/aromatic N) is 2. The van der Waals surface area contributed by atoms with Crippen LogP contribution in [-0.4, -0.2) is 36.4 Å². The molecule has 1 saturated heterocycles. The van der Waals surface area contributed by atoms with Crippen molar-refractivity contribution in [2.45, 2.75) is 25.2 Å². The Labute approximate surface area is 164 Å². The average Bonchev–Trinajstić information content (AvgIpc) is 3.31. The zero-order valence-electron chi connectivity index (χ0n) is 15.3. The number of hydrogen-bond donors (Lipinski definition) is 1. The summed E-state index contributed by atoms with van der Waals surface area (Å²) in [7, 11) is 0. The maximum Gasteiger partial charge on any atom is 0.573 e. The fraction of sp³-hybridized carbons (Fsp3) is 0.300. The number of para-hydroxylation sites is 2. The molecule has 0 unspecified atom stereocenters. The molecule has 0 saturated carbocycles. The number of oxazole rings is 1. The lowest BCUT2D eigenvalue weighted by Gasteiger charge is -2.23. The Bertz CT molecular complexity index is 968. The highest BCUT2D eigenvalue weighted by Crippen LogP contribution is 2.28. The van der Waals surface area contributed by atoms with Crippen molar-refractivity contribution in [3.8, 4) is 5.75 Å². The number of nitrogens with one attached hydrogen (secondary N) is 1. The summed E-state index contributed by atoms with van der Waals surface area (Å²) >= 11 is 0. The van der Waals surface area contributed by atoms with Crippen LogP contribution < -0.4 is 15.0 Å². The van der Waals surface area contributed by atoms with Gasteiger partial charge in [-0.2, -0.15) is 4.98 Å². The SMILES string of the molecule is O=C(NC[C@@H]1CCCN1c1nc2ccccc2o1)c1ccc(OC(F)(F)F)cc1. The highest BCUT2D eigenvalue weighted by molar-refractivity contribution is 5.94. The summed E-state index contributed by atoms with van der Waals surface area (Å²) in [5.74, 6) is -0.736. The van der Waals surface area contributed by atoms with Gasteiger partial charge in [0.2, 0.25) is 0 Å². The third-order valence-corrected chi connectivity index (χ3v) is 4.75. The fourth-order valence-electron chi connectivity index (χ4n) is 3.40. The van der Waals surface area contributed by atoms with Crippen LogP contribution in [0.15, 0.2) is 52.9 Å². The van der Waals surface area contributed by atoms with Crippen molar-refractivity contribution in [2.75, 3.05) is 18.0 Å². The number of halogens is 3. The summed E-state index contributed by atoms with van der Waals surface area (Å²) < 4.78 is 46.3. The standard InChI is InChI=1S/C20H18F3N3O3/c21-20(22,23)29-15-9-7-13(8-10-15)18(27)24-12-14-4-3-11-26(14)19-25-16-5-1-2-6-17(16)28-19/h1-2,5-10,14H,3-4,11-12H2,(H,24,27)/t14-/m0/s1. The second-order valence-electron chi connectivity index (χ2n) is 6.74. The summed E-state index contributed by atoms with van der Waals surface area (Å²) in [6, 6.07) is 12.9. The number of ether oxygens (including phenoxy) is 1. The Morgan fingerprint density at radius 3 is 2.69 bits per heavy atom. The minimum atomic E-state index is -4.76.